The molecule has 0 fully saturated rings. The maximum Gasteiger partial charge on any atom is 0.306 e. The standard InChI is InChI=1S/C24H46O4/c1-4-6-8-9-10-11-12-13-14-17-21-27-23(25)19-15-16-20-24(26)28-22(3)18-7-5-2/h22H,4-21H2,1-3H3. The highest BCUT2D eigenvalue weighted by Gasteiger charge is 2.09. The van der Waals surface area contributed by atoms with E-state index in [-0.39, 0.29) is 18.0 Å². The van der Waals surface area contributed by atoms with Crippen LogP contribution in [0.25, 0.3) is 0 Å². The second-order valence-electron chi connectivity index (χ2n) is 8.05. The van der Waals surface area contributed by atoms with Crippen molar-refractivity contribution in [3.8, 4) is 0 Å². The van der Waals surface area contributed by atoms with Crippen LogP contribution in [0.2, 0.25) is 0 Å². The van der Waals surface area contributed by atoms with Gasteiger partial charge in [0.15, 0.2) is 0 Å². The summed E-state index contributed by atoms with van der Waals surface area (Å²) in [7, 11) is 0. The highest BCUT2D eigenvalue weighted by molar-refractivity contribution is 5.70. The SMILES string of the molecule is CCCCCCCCCCCCOC(=O)CCCCC(=O)OC(C)CCCC. The quantitative estimate of drug-likeness (QED) is 0.162. The summed E-state index contributed by atoms with van der Waals surface area (Å²) in [5, 5.41) is 0. The van der Waals surface area contributed by atoms with Crippen LogP contribution < -0.4 is 0 Å². The average Bonchev–Trinajstić information content (AvgIpc) is 2.67. The first kappa shape index (κ1) is 26.9. The molecule has 0 radical (unpaired) electrons. The van der Waals surface area contributed by atoms with Crippen LogP contribution in [0.5, 0.6) is 0 Å². The van der Waals surface area contributed by atoms with Gasteiger partial charge >= 0.3 is 11.9 Å². The number of hydrogen-bond donors (Lipinski definition) is 0. The smallest absolute Gasteiger partial charge is 0.306 e. The third kappa shape index (κ3) is 19.7. The van der Waals surface area contributed by atoms with Crippen molar-refractivity contribution in [2.24, 2.45) is 0 Å². The Hall–Kier alpha value is -1.06. The summed E-state index contributed by atoms with van der Waals surface area (Å²) in [4.78, 5) is 23.4. The third-order valence-corrected chi connectivity index (χ3v) is 5.07. The number of hydrogen-bond acceptors (Lipinski definition) is 4. The van der Waals surface area contributed by atoms with Crippen molar-refractivity contribution in [2.45, 2.75) is 136 Å². The largest absolute Gasteiger partial charge is 0.466 e. The Morgan fingerprint density at radius 3 is 1.71 bits per heavy atom. The van der Waals surface area contributed by atoms with Gasteiger partial charge in [0.1, 0.15) is 0 Å². The van der Waals surface area contributed by atoms with Crippen LogP contribution in [0.1, 0.15) is 130 Å². The zero-order valence-corrected chi connectivity index (χ0v) is 18.9. The molecule has 0 saturated heterocycles. The first-order valence-electron chi connectivity index (χ1n) is 11.9. The Labute approximate surface area is 174 Å². The van der Waals surface area contributed by atoms with E-state index < -0.39 is 0 Å². The van der Waals surface area contributed by atoms with Gasteiger partial charge in [0.2, 0.25) is 0 Å². The van der Waals surface area contributed by atoms with E-state index in [1.54, 1.807) is 0 Å². The summed E-state index contributed by atoms with van der Waals surface area (Å²) in [6, 6.07) is 0. The van der Waals surface area contributed by atoms with Crippen LogP contribution in [0.15, 0.2) is 0 Å². The lowest BCUT2D eigenvalue weighted by molar-refractivity contribution is -0.149. The molecule has 0 rings (SSSR count). The Balaban J connectivity index is 3.36. The van der Waals surface area contributed by atoms with Crippen molar-refractivity contribution in [1.82, 2.24) is 0 Å². The van der Waals surface area contributed by atoms with Crippen LogP contribution in [-0.4, -0.2) is 24.6 Å². The van der Waals surface area contributed by atoms with Crippen molar-refractivity contribution in [3.05, 3.63) is 0 Å². The molecule has 0 aromatic rings. The summed E-state index contributed by atoms with van der Waals surface area (Å²) in [6.07, 6.45) is 18.1. The van der Waals surface area contributed by atoms with Gasteiger partial charge in [-0.15, -0.1) is 0 Å². The van der Waals surface area contributed by atoms with Crippen molar-refractivity contribution >= 4 is 11.9 Å². The lowest BCUT2D eigenvalue weighted by atomic mass is 10.1. The number of carbonyl (C=O) groups is 2. The van der Waals surface area contributed by atoms with Crippen molar-refractivity contribution in [3.63, 3.8) is 0 Å². The summed E-state index contributed by atoms with van der Waals surface area (Å²) in [6.45, 7) is 6.86. The van der Waals surface area contributed by atoms with Gasteiger partial charge in [-0.05, 0) is 32.6 Å². The monoisotopic (exact) mass is 398 g/mol. The summed E-state index contributed by atoms with van der Waals surface area (Å²) in [5.74, 6) is -0.289. The van der Waals surface area contributed by atoms with Gasteiger partial charge in [0.25, 0.3) is 0 Å². The molecule has 4 nitrogen and oxygen atoms in total. The van der Waals surface area contributed by atoms with E-state index in [1.165, 1.54) is 51.4 Å². The lowest BCUT2D eigenvalue weighted by Crippen LogP contribution is -2.14. The van der Waals surface area contributed by atoms with Crippen LogP contribution in [-0.2, 0) is 19.1 Å². The minimum Gasteiger partial charge on any atom is -0.466 e. The molecule has 4 heteroatoms. The van der Waals surface area contributed by atoms with Crippen molar-refractivity contribution in [1.29, 1.82) is 0 Å². The number of unbranched alkanes of at least 4 members (excludes halogenated alkanes) is 11. The van der Waals surface area contributed by atoms with Gasteiger partial charge in [-0.2, -0.15) is 0 Å². The van der Waals surface area contributed by atoms with E-state index in [0.29, 0.717) is 32.3 Å². The maximum absolute atomic E-state index is 11.7. The maximum atomic E-state index is 11.7. The zero-order valence-electron chi connectivity index (χ0n) is 18.9. The first-order valence-corrected chi connectivity index (χ1v) is 11.9. The molecule has 1 atom stereocenters. The molecule has 0 heterocycles. The summed E-state index contributed by atoms with van der Waals surface area (Å²) in [5.41, 5.74) is 0. The van der Waals surface area contributed by atoms with E-state index >= 15 is 0 Å². The van der Waals surface area contributed by atoms with E-state index in [4.69, 9.17) is 9.47 Å². The molecule has 0 amide bonds. The highest BCUT2D eigenvalue weighted by Crippen LogP contribution is 2.11. The fourth-order valence-corrected chi connectivity index (χ4v) is 3.22. The van der Waals surface area contributed by atoms with Crippen molar-refractivity contribution in [2.75, 3.05) is 6.61 Å². The Morgan fingerprint density at radius 2 is 1.14 bits per heavy atom. The van der Waals surface area contributed by atoms with E-state index in [1.807, 2.05) is 6.92 Å². The molecule has 0 aliphatic carbocycles. The molecule has 0 aliphatic heterocycles. The molecule has 28 heavy (non-hydrogen) atoms. The highest BCUT2D eigenvalue weighted by atomic mass is 16.5. The molecule has 0 aromatic heterocycles. The molecular weight excluding hydrogens is 352 g/mol. The Morgan fingerprint density at radius 1 is 0.643 bits per heavy atom. The predicted molar refractivity (Wildman–Crippen MR) is 116 cm³/mol. The molecule has 0 aromatic carbocycles. The second-order valence-corrected chi connectivity index (χ2v) is 8.05. The molecule has 166 valence electrons. The van der Waals surface area contributed by atoms with Crippen LogP contribution >= 0.6 is 0 Å². The third-order valence-electron chi connectivity index (χ3n) is 5.07. The van der Waals surface area contributed by atoms with Gasteiger partial charge in [-0.25, -0.2) is 0 Å². The fourth-order valence-electron chi connectivity index (χ4n) is 3.22. The Kier molecular flexibility index (Phi) is 19.9. The van der Waals surface area contributed by atoms with Crippen LogP contribution in [0, 0.1) is 0 Å². The van der Waals surface area contributed by atoms with E-state index in [0.717, 1.165) is 32.1 Å². The van der Waals surface area contributed by atoms with Crippen molar-refractivity contribution < 1.29 is 19.1 Å². The van der Waals surface area contributed by atoms with Gasteiger partial charge in [0.05, 0.1) is 12.7 Å². The van der Waals surface area contributed by atoms with Crippen LogP contribution in [0.4, 0.5) is 0 Å². The van der Waals surface area contributed by atoms with Gasteiger partial charge in [0, 0.05) is 12.8 Å². The molecular formula is C24H46O4. The molecule has 0 spiro atoms. The fraction of sp³-hybridized carbons (Fsp3) is 0.917. The van der Waals surface area contributed by atoms with E-state index in [2.05, 4.69) is 13.8 Å². The normalized spacial score (nSPS) is 12.0. The molecule has 0 aliphatic rings. The van der Waals surface area contributed by atoms with Crippen LogP contribution in [0.3, 0.4) is 0 Å². The Bertz CT molecular complexity index is 368. The zero-order chi connectivity index (χ0) is 20.9. The molecule has 1 unspecified atom stereocenters. The van der Waals surface area contributed by atoms with Gasteiger partial charge in [-0.1, -0.05) is 84.5 Å². The number of rotatable bonds is 20. The molecule has 0 bridgehead atoms. The number of ether oxygens (including phenoxy) is 2. The van der Waals surface area contributed by atoms with Gasteiger partial charge in [-0.3, -0.25) is 9.59 Å². The molecule has 0 saturated carbocycles. The minimum atomic E-state index is -0.151. The predicted octanol–water partition coefficient (Wildman–Crippen LogP) is 7.13. The lowest BCUT2D eigenvalue weighted by Gasteiger charge is -2.12. The molecule has 0 N–H and O–H groups in total. The number of esters is 2. The first-order chi connectivity index (χ1) is 13.6. The minimum absolute atomic E-state index is 0.00141. The average molecular weight is 399 g/mol. The van der Waals surface area contributed by atoms with Gasteiger partial charge < -0.3 is 9.47 Å². The summed E-state index contributed by atoms with van der Waals surface area (Å²) < 4.78 is 10.6. The number of carbonyl (C=O) groups excluding carboxylic acids is 2. The summed E-state index contributed by atoms with van der Waals surface area (Å²) >= 11 is 0. The second kappa shape index (κ2) is 20.7. The topological polar surface area (TPSA) is 52.6 Å². The van der Waals surface area contributed by atoms with E-state index in [9.17, 15) is 9.59 Å².